The number of rotatable bonds is 7. The van der Waals surface area contributed by atoms with Crippen molar-refractivity contribution < 1.29 is 19.1 Å². The van der Waals surface area contributed by atoms with E-state index in [-0.39, 0.29) is 25.4 Å². The van der Waals surface area contributed by atoms with Gasteiger partial charge in [0.1, 0.15) is 5.75 Å². The highest BCUT2D eigenvalue weighted by Gasteiger charge is 2.10. The Labute approximate surface area is 180 Å². The molecule has 0 saturated carbocycles. The van der Waals surface area contributed by atoms with Gasteiger partial charge in [0.2, 0.25) is 11.8 Å². The van der Waals surface area contributed by atoms with Gasteiger partial charge < -0.3 is 10.1 Å². The van der Waals surface area contributed by atoms with Gasteiger partial charge in [-0.1, -0.05) is 48.0 Å². The molecule has 3 aromatic rings. The molecule has 7 heteroatoms. The number of carbonyl (C=O) groups excluding carboxylic acids is 3. The van der Waals surface area contributed by atoms with E-state index in [9.17, 15) is 14.4 Å². The molecular formula is C24H25N3O4. The molecule has 160 valence electrons. The van der Waals surface area contributed by atoms with Crippen molar-refractivity contribution in [2.24, 2.45) is 0 Å². The molecule has 3 rings (SSSR count). The summed E-state index contributed by atoms with van der Waals surface area (Å²) in [7, 11) is 0. The summed E-state index contributed by atoms with van der Waals surface area (Å²) in [5.74, 6) is -0.674. The van der Waals surface area contributed by atoms with Crippen LogP contribution in [0.2, 0.25) is 0 Å². The number of fused-ring (bicyclic) bond motifs is 1. The van der Waals surface area contributed by atoms with Crippen molar-refractivity contribution in [3.8, 4) is 5.75 Å². The zero-order chi connectivity index (χ0) is 22.2. The minimum atomic E-state index is -0.499. The number of hydrazine groups is 1. The first-order valence-electron chi connectivity index (χ1n) is 9.97. The molecule has 0 aliphatic heterocycles. The third-order valence-electron chi connectivity index (χ3n) is 4.67. The topological polar surface area (TPSA) is 96.5 Å². The fourth-order valence-electron chi connectivity index (χ4n) is 3.04. The molecule has 0 atom stereocenters. The van der Waals surface area contributed by atoms with Crippen molar-refractivity contribution in [1.82, 2.24) is 10.9 Å². The van der Waals surface area contributed by atoms with Crippen LogP contribution in [0.4, 0.5) is 5.69 Å². The maximum atomic E-state index is 12.0. The van der Waals surface area contributed by atoms with Crippen LogP contribution in [0.3, 0.4) is 0 Å². The molecule has 0 aliphatic rings. The first-order chi connectivity index (χ1) is 14.9. The van der Waals surface area contributed by atoms with E-state index in [4.69, 9.17) is 4.74 Å². The Balaban J connectivity index is 1.36. The van der Waals surface area contributed by atoms with E-state index in [0.29, 0.717) is 5.75 Å². The maximum absolute atomic E-state index is 12.0. The van der Waals surface area contributed by atoms with Gasteiger partial charge in [-0.15, -0.1) is 0 Å². The predicted molar refractivity (Wildman–Crippen MR) is 120 cm³/mol. The molecule has 7 nitrogen and oxygen atoms in total. The van der Waals surface area contributed by atoms with Crippen molar-refractivity contribution in [2.45, 2.75) is 26.7 Å². The van der Waals surface area contributed by atoms with Gasteiger partial charge in [-0.05, 0) is 48.4 Å². The van der Waals surface area contributed by atoms with Gasteiger partial charge >= 0.3 is 0 Å². The van der Waals surface area contributed by atoms with Crippen molar-refractivity contribution in [3.05, 3.63) is 71.8 Å². The van der Waals surface area contributed by atoms with E-state index in [1.807, 2.05) is 68.4 Å². The minimum absolute atomic E-state index is 0.00259. The normalized spacial score (nSPS) is 10.4. The van der Waals surface area contributed by atoms with E-state index in [1.165, 1.54) is 0 Å². The van der Waals surface area contributed by atoms with Gasteiger partial charge in [-0.25, -0.2) is 0 Å². The number of carbonyl (C=O) groups is 3. The molecule has 0 bridgehead atoms. The summed E-state index contributed by atoms with van der Waals surface area (Å²) in [6.07, 6.45) is -0.0504. The third kappa shape index (κ3) is 6.57. The van der Waals surface area contributed by atoms with Crippen LogP contribution in [0.25, 0.3) is 10.8 Å². The maximum Gasteiger partial charge on any atom is 0.276 e. The van der Waals surface area contributed by atoms with Crippen LogP contribution < -0.4 is 20.9 Å². The number of amides is 3. The Morgan fingerprint density at radius 1 is 0.774 bits per heavy atom. The fraction of sp³-hybridized carbons (Fsp3) is 0.208. The van der Waals surface area contributed by atoms with Gasteiger partial charge in [0, 0.05) is 18.5 Å². The molecule has 3 amide bonds. The zero-order valence-electron chi connectivity index (χ0n) is 17.5. The van der Waals surface area contributed by atoms with Gasteiger partial charge in [0.25, 0.3) is 5.91 Å². The summed E-state index contributed by atoms with van der Waals surface area (Å²) in [5, 5.41) is 4.87. The molecule has 0 spiro atoms. The zero-order valence-corrected chi connectivity index (χ0v) is 17.5. The standard InChI is InChI=1S/C24H25N3O4/c1-16-7-10-21(17(2)13-16)25-22(28)11-12-23(29)26-27-24(30)15-31-20-9-8-18-5-3-4-6-19(18)14-20/h3-10,13-14H,11-12,15H2,1-2H3,(H,25,28)(H,26,29)(H,27,30). The Morgan fingerprint density at radius 3 is 2.26 bits per heavy atom. The largest absolute Gasteiger partial charge is 0.484 e. The molecule has 0 aliphatic carbocycles. The molecule has 31 heavy (non-hydrogen) atoms. The molecule has 0 heterocycles. The quantitative estimate of drug-likeness (QED) is 0.512. The molecule has 3 N–H and O–H groups in total. The Morgan fingerprint density at radius 2 is 1.48 bits per heavy atom. The molecule has 0 unspecified atom stereocenters. The summed E-state index contributed by atoms with van der Waals surface area (Å²) in [6, 6.07) is 19.1. The Bertz CT molecular complexity index is 1110. The lowest BCUT2D eigenvalue weighted by Crippen LogP contribution is -2.44. The highest BCUT2D eigenvalue weighted by atomic mass is 16.5. The van der Waals surface area contributed by atoms with Crippen LogP contribution in [0.5, 0.6) is 5.75 Å². The third-order valence-corrected chi connectivity index (χ3v) is 4.67. The number of hydrogen-bond acceptors (Lipinski definition) is 4. The predicted octanol–water partition coefficient (Wildman–Crippen LogP) is 3.40. The molecule has 0 radical (unpaired) electrons. The van der Waals surface area contributed by atoms with E-state index in [0.717, 1.165) is 27.6 Å². The Hall–Kier alpha value is -3.87. The van der Waals surface area contributed by atoms with Gasteiger partial charge in [0.05, 0.1) is 0 Å². The van der Waals surface area contributed by atoms with E-state index >= 15 is 0 Å². The molecular weight excluding hydrogens is 394 g/mol. The lowest BCUT2D eigenvalue weighted by atomic mass is 10.1. The van der Waals surface area contributed by atoms with Crippen molar-refractivity contribution in [2.75, 3.05) is 11.9 Å². The van der Waals surface area contributed by atoms with Crippen molar-refractivity contribution in [1.29, 1.82) is 0 Å². The van der Waals surface area contributed by atoms with E-state index in [2.05, 4.69) is 16.2 Å². The second-order valence-electron chi connectivity index (χ2n) is 7.26. The first-order valence-corrected chi connectivity index (χ1v) is 9.97. The number of ether oxygens (including phenoxy) is 1. The number of anilines is 1. The highest BCUT2D eigenvalue weighted by molar-refractivity contribution is 5.94. The fourth-order valence-corrected chi connectivity index (χ4v) is 3.04. The Kier molecular flexibility index (Phi) is 7.22. The number of nitrogens with one attached hydrogen (secondary N) is 3. The van der Waals surface area contributed by atoms with Crippen LogP contribution in [-0.2, 0) is 14.4 Å². The number of aryl methyl sites for hydroxylation is 2. The molecule has 0 saturated heterocycles. The average molecular weight is 419 g/mol. The summed E-state index contributed by atoms with van der Waals surface area (Å²) in [6.45, 7) is 3.64. The smallest absolute Gasteiger partial charge is 0.276 e. The molecule has 0 fully saturated rings. The highest BCUT2D eigenvalue weighted by Crippen LogP contribution is 2.20. The SMILES string of the molecule is Cc1ccc(NC(=O)CCC(=O)NNC(=O)COc2ccc3ccccc3c2)c(C)c1. The van der Waals surface area contributed by atoms with E-state index < -0.39 is 11.8 Å². The van der Waals surface area contributed by atoms with Crippen LogP contribution in [0, 0.1) is 13.8 Å². The van der Waals surface area contributed by atoms with Gasteiger partial charge in [-0.2, -0.15) is 0 Å². The summed E-state index contributed by atoms with van der Waals surface area (Å²) in [4.78, 5) is 35.8. The molecule has 3 aromatic carbocycles. The minimum Gasteiger partial charge on any atom is -0.484 e. The number of hydrogen-bond donors (Lipinski definition) is 3. The van der Waals surface area contributed by atoms with E-state index in [1.54, 1.807) is 6.07 Å². The lowest BCUT2D eigenvalue weighted by Gasteiger charge is -2.10. The molecule has 0 aromatic heterocycles. The van der Waals surface area contributed by atoms with Crippen LogP contribution in [-0.4, -0.2) is 24.3 Å². The number of benzene rings is 3. The summed E-state index contributed by atoms with van der Waals surface area (Å²) >= 11 is 0. The second-order valence-corrected chi connectivity index (χ2v) is 7.26. The van der Waals surface area contributed by atoms with Crippen molar-refractivity contribution >= 4 is 34.2 Å². The first kappa shape index (κ1) is 21.8. The average Bonchev–Trinajstić information content (AvgIpc) is 2.76. The monoisotopic (exact) mass is 419 g/mol. The summed E-state index contributed by atoms with van der Waals surface area (Å²) in [5.41, 5.74) is 7.35. The van der Waals surface area contributed by atoms with Crippen LogP contribution in [0.15, 0.2) is 60.7 Å². The van der Waals surface area contributed by atoms with Crippen LogP contribution >= 0.6 is 0 Å². The van der Waals surface area contributed by atoms with Gasteiger partial charge in [-0.3, -0.25) is 25.2 Å². The van der Waals surface area contributed by atoms with Crippen molar-refractivity contribution in [3.63, 3.8) is 0 Å². The second kappa shape index (κ2) is 10.2. The summed E-state index contributed by atoms with van der Waals surface area (Å²) < 4.78 is 5.46. The lowest BCUT2D eigenvalue weighted by molar-refractivity contribution is -0.130. The van der Waals surface area contributed by atoms with Crippen LogP contribution in [0.1, 0.15) is 24.0 Å². The van der Waals surface area contributed by atoms with Gasteiger partial charge in [0.15, 0.2) is 6.61 Å².